The van der Waals surface area contributed by atoms with E-state index in [-0.39, 0.29) is 20.4 Å². The minimum absolute atomic E-state index is 0. The van der Waals surface area contributed by atoms with Crippen molar-refractivity contribution in [2.75, 3.05) is 0 Å². The van der Waals surface area contributed by atoms with Crippen molar-refractivity contribution >= 4 is 22.8 Å². The molecule has 3 heteroatoms. The van der Waals surface area contributed by atoms with Crippen LogP contribution in [0.25, 0.3) is 0 Å². The summed E-state index contributed by atoms with van der Waals surface area (Å²) in [6.45, 7) is 9.29. The summed E-state index contributed by atoms with van der Waals surface area (Å²) in [5.74, 6) is 0. The van der Waals surface area contributed by atoms with Gasteiger partial charge in [-0.3, -0.25) is 4.99 Å². The van der Waals surface area contributed by atoms with Gasteiger partial charge in [-0.1, -0.05) is 550 Å². The molecule has 0 aliphatic rings. The number of unbranched alkanes of at least 4 members (excludes halogenated alkanes) is 76. The average Bonchev–Trinajstić information content (AvgIpc) is 0.507. The second kappa shape index (κ2) is 92.5. The third-order valence-electron chi connectivity index (χ3n) is 24.7. The number of nitrogens with zero attached hydrogens (tertiary/aromatic N) is 2. The normalized spacial score (nSPS) is 12.2. The summed E-state index contributed by atoms with van der Waals surface area (Å²) in [4.78, 5) is 11.4. The SMILES string of the molecule is CCCCCCCCCCCCCCCCCCCCCCCC/C=C/CCCc1ccccc1/N=C(/C=C/CCCCCCCCCCCCCCCCCCCCCCCCCCC)C(\CCCCCCCC)=N\c1ccccc1CCC/C=C/CCCCCCCCCCCCCCCCCCCCCCCC.[Pd+2]. The molecule has 2 aromatic carbocycles. The molecule has 0 radical (unpaired) electrons. The molecule has 0 heterocycles. The molecule has 0 bridgehead atoms. The number of allylic oxidation sites excluding steroid dienone is 6. The van der Waals surface area contributed by atoms with Crippen LogP contribution in [-0.4, -0.2) is 11.4 Å². The van der Waals surface area contributed by atoms with E-state index in [2.05, 4.69) is 113 Å². The van der Waals surface area contributed by atoms with Crippen LogP contribution >= 0.6 is 0 Å². The monoisotopic (exact) mass is 1640 g/mol. The maximum atomic E-state index is 5.73. The Kier molecular flexibility index (Phi) is 89.0. The molecule has 0 saturated heterocycles. The van der Waals surface area contributed by atoms with E-state index in [9.17, 15) is 0 Å². The first-order chi connectivity index (χ1) is 55.2. The van der Waals surface area contributed by atoms with E-state index < -0.39 is 0 Å². The first kappa shape index (κ1) is 108. The van der Waals surface area contributed by atoms with Gasteiger partial charge in [0.05, 0.1) is 22.8 Å². The number of para-hydroxylation sites is 2. The number of hydrogen-bond acceptors (Lipinski definition) is 2. The number of benzene rings is 2. The molecule has 0 spiro atoms. The van der Waals surface area contributed by atoms with Gasteiger partial charge in [-0.15, -0.1) is 0 Å². The Labute approximate surface area is 717 Å². The second-order valence-electron chi connectivity index (χ2n) is 35.7. The molecule has 112 heavy (non-hydrogen) atoms. The molecule has 0 unspecified atom stereocenters. The van der Waals surface area contributed by atoms with Crippen LogP contribution < -0.4 is 0 Å². The average molecular weight is 1640 g/mol. The summed E-state index contributed by atoms with van der Waals surface area (Å²) in [6.07, 6.45) is 133. The van der Waals surface area contributed by atoms with Crippen LogP contribution in [0.3, 0.4) is 0 Å². The molecule has 2 nitrogen and oxygen atoms in total. The molecule has 2 rings (SSSR count). The first-order valence-corrected chi connectivity index (χ1v) is 51.5. The summed E-state index contributed by atoms with van der Waals surface area (Å²) in [5, 5.41) is 0. The molecule has 0 aliphatic heterocycles. The number of hydrogen-bond donors (Lipinski definition) is 0. The van der Waals surface area contributed by atoms with Crippen LogP contribution in [0.15, 0.2) is 95.0 Å². The quantitative estimate of drug-likeness (QED) is 0.0273. The van der Waals surface area contributed by atoms with Crippen molar-refractivity contribution in [3.05, 3.63) is 96.1 Å². The van der Waals surface area contributed by atoms with Crippen LogP contribution in [0.2, 0.25) is 0 Å². The fraction of sp³-hybridized carbons (Fsp3) is 0.817. The summed E-state index contributed by atoms with van der Waals surface area (Å²) < 4.78 is 0. The third-order valence-corrected chi connectivity index (χ3v) is 24.7. The van der Waals surface area contributed by atoms with Crippen LogP contribution in [0, 0.1) is 0 Å². The molecule has 2 aromatic rings. The molecular weight excluding hydrogens is 1440 g/mol. The van der Waals surface area contributed by atoms with Gasteiger partial charge in [-0.05, 0) is 119 Å². The fourth-order valence-electron chi connectivity index (χ4n) is 17.1. The van der Waals surface area contributed by atoms with Gasteiger partial charge in [0, 0.05) is 0 Å². The van der Waals surface area contributed by atoms with Crippen molar-refractivity contribution in [2.45, 2.75) is 573 Å². The number of rotatable bonds is 91. The van der Waals surface area contributed by atoms with Gasteiger partial charge in [0.25, 0.3) is 0 Å². The predicted octanol–water partition coefficient (Wildman–Crippen LogP) is 39.7. The van der Waals surface area contributed by atoms with E-state index in [4.69, 9.17) is 9.98 Å². The molecule has 0 aromatic heterocycles. The molecule has 0 fully saturated rings. The van der Waals surface area contributed by atoms with Crippen molar-refractivity contribution in [3.63, 3.8) is 0 Å². The van der Waals surface area contributed by atoms with Gasteiger partial charge in [-0.25, -0.2) is 4.99 Å². The Morgan fingerprint density at radius 2 is 0.393 bits per heavy atom. The number of aliphatic imine (C=N–C) groups is 2. The van der Waals surface area contributed by atoms with Gasteiger partial charge in [0.2, 0.25) is 0 Å². The Bertz CT molecular complexity index is 2300. The van der Waals surface area contributed by atoms with Crippen molar-refractivity contribution in [3.8, 4) is 0 Å². The van der Waals surface area contributed by atoms with Gasteiger partial charge < -0.3 is 0 Å². The van der Waals surface area contributed by atoms with Crippen LogP contribution in [-0.2, 0) is 33.3 Å². The third kappa shape index (κ3) is 76.3. The molecule has 650 valence electrons. The van der Waals surface area contributed by atoms with Gasteiger partial charge in [-0.2, -0.15) is 0 Å². The minimum atomic E-state index is 0. The van der Waals surface area contributed by atoms with Crippen LogP contribution in [0.5, 0.6) is 0 Å². The fourth-order valence-corrected chi connectivity index (χ4v) is 17.1. The van der Waals surface area contributed by atoms with E-state index in [0.29, 0.717) is 0 Å². The molecule has 0 N–H and O–H groups in total. The van der Waals surface area contributed by atoms with Gasteiger partial charge in [0.15, 0.2) is 0 Å². The van der Waals surface area contributed by atoms with Gasteiger partial charge in [0.1, 0.15) is 0 Å². The second-order valence-corrected chi connectivity index (χ2v) is 35.7. The summed E-state index contributed by atoms with van der Waals surface area (Å²) >= 11 is 0. The minimum Gasteiger partial charge on any atom is -0.251 e. The zero-order valence-electron chi connectivity index (χ0n) is 76.4. The topological polar surface area (TPSA) is 24.7 Å². The van der Waals surface area contributed by atoms with E-state index in [1.807, 2.05) is 0 Å². The number of aryl methyl sites for hydroxylation is 2. The van der Waals surface area contributed by atoms with Crippen LogP contribution in [0.1, 0.15) is 572 Å². The van der Waals surface area contributed by atoms with Crippen molar-refractivity contribution < 1.29 is 20.4 Å². The molecule has 0 atom stereocenters. The maximum absolute atomic E-state index is 5.73. The molecular formula is C109H196N2Pd+2. The summed E-state index contributed by atoms with van der Waals surface area (Å²) in [7, 11) is 0. The Morgan fingerprint density at radius 3 is 0.634 bits per heavy atom. The maximum Gasteiger partial charge on any atom is 2.00 e. The van der Waals surface area contributed by atoms with E-state index in [1.54, 1.807) is 0 Å². The van der Waals surface area contributed by atoms with Gasteiger partial charge >= 0.3 is 20.4 Å². The Balaban J connectivity index is 0.0000627. The molecule has 0 saturated carbocycles. The van der Waals surface area contributed by atoms with E-state index >= 15 is 0 Å². The Hall–Kier alpha value is -2.34. The van der Waals surface area contributed by atoms with Crippen molar-refractivity contribution in [1.29, 1.82) is 0 Å². The van der Waals surface area contributed by atoms with Crippen molar-refractivity contribution in [1.82, 2.24) is 0 Å². The predicted molar refractivity (Wildman–Crippen MR) is 508 cm³/mol. The van der Waals surface area contributed by atoms with E-state index in [0.717, 1.165) is 74.9 Å². The molecule has 0 aliphatic carbocycles. The zero-order valence-corrected chi connectivity index (χ0v) is 78.0. The van der Waals surface area contributed by atoms with Crippen LogP contribution in [0.4, 0.5) is 11.4 Å². The summed E-state index contributed by atoms with van der Waals surface area (Å²) in [5.41, 5.74) is 7.31. The van der Waals surface area contributed by atoms with Crippen molar-refractivity contribution in [2.24, 2.45) is 9.98 Å². The summed E-state index contributed by atoms with van der Waals surface area (Å²) in [6, 6.07) is 18.2. The van der Waals surface area contributed by atoms with E-state index in [1.165, 1.54) is 505 Å². The largest absolute Gasteiger partial charge is 2.00 e. The smallest absolute Gasteiger partial charge is 0.251 e. The Morgan fingerprint density at radius 1 is 0.205 bits per heavy atom. The first-order valence-electron chi connectivity index (χ1n) is 51.5. The molecule has 0 amide bonds. The standard InChI is InChI=1S/C109H196N2.Pd/c1-5-9-13-17-21-24-27-30-33-36-39-42-45-48-51-54-57-60-63-66-69-72-75-78-81-84-88-96-104-98-92-94-100-106(104)110-108(102-90-86-20-16-12-8-4)109(103-91-87-83-80-77-74-71-68-65-62-59-56-53-50-47-44-41-38-35-32-29-26-23-19-15-11-7-3)111-107-101-95-93-99-105(107)97-89-85-82-79-76-73-70-67-64-61-58-55-52-49-46-43-40-37-34-31-28-25-22-18-14-10-6-2;/h78-79,81-82,91-95,98-101,103H,5-77,80,83-90,96-97,102H2,1-4H3;/q;+2/b81-78+,82-79+,103-91+,110-108+,111-109-;. The zero-order chi connectivity index (χ0) is 78.9.